The number of hydrogen-bond donors (Lipinski definition) is 3. The van der Waals surface area contributed by atoms with Gasteiger partial charge in [0.25, 0.3) is 11.8 Å². The van der Waals surface area contributed by atoms with Crippen LogP contribution in [0.15, 0.2) is 91.0 Å². The van der Waals surface area contributed by atoms with E-state index in [2.05, 4.69) is 10.6 Å². The van der Waals surface area contributed by atoms with Crippen LogP contribution in [0.2, 0.25) is 0 Å². The average molecular weight is 770 g/mol. The van der Waals surface area contributed by atoms with E-state index in [1.807, 2.05) is 42.5 Å². The number of nitrogens with zero attached hydrogens (tertiary/aromatic N) is 1. The molecule has 290 valence electrons. The summed E-state index contributed by atoms with van der Waals surface area (Å²) in [6, 6.07) is 21.3. The lowest BCUT2D eigenvalue weighted by Gasteiger charge is -2.27. The number of hydrogen-bond acceptors (Lipinski definition) is 9. The molecule has 0 aliphatic carbocycles. The van der Waals surface area contributed by atoms with E-state index in [0.717, 1.165) is 33.8 Å². The first kappa shape index (κ1) is 41.7. The fourth-order valence-electron chi connectivity index (χ4n) is 5.35. The van der Waals surface area contributed by atoms with Crippen molar-refractivity contribution in [1.82, 2.24) is 10.6 Å². The summed E-state index contributed by atoms with van der Waals surface area (Å²) in [5.74, 6) is -2.65. The van der Waals surface area contributed by atoms with Gasteiger partial charge in [0, 0.05) is 49.9 Å². The molecule has 15 heteroatoms. The number of methoxy groups -OCH3 is 2. The van der Waals surface area contributed by atoms with Gasteiger partial charge in [0.1, 0.15) is 29.7 Å². The number of rotatable bonds is 19. The van der Waals surface area contributed by atoms with E-state index in [1.54, 1.807) is 26.2 Å². The topological polar surface area (TPSA) is 153 Å². The van der Waals surface area contributed by atoms with Gasteiger partial charge in [-0.2, -0.15) is 0 Å². The predicted molar refractivity (Wildman–Crippen MR) is 199 cm³/mol. The summed E-state index contributed by atoms with van der Waals surface area (Å²) in [4.78, 5) is 27.4. The highest BCUT2D eigenvalue weighted by Gasteiger charge is 2.28. The molecule has 0 saturated carbocycles. The summed E-state index contributed by atoms with van der Waals surface area (Å²) in [7, 11) is 0.460. The second kappa shape index (κ2) is 19.3. The van der Waals surface area contributed by atoms with Crippen molar-refractivity contribution in [1.29, 1.82) is 0 Å². The van der Waals surface area contributed by atoms with Crippen LogP contribution in [0.1, 0.15) is 51.2 Å². The van der Waals surface area contributed by atoms with Crippen LogP contribution in [-0.4, -0.2) is 84.3 Å². The summed E-state index contributed by atoms with van der Waals surface area (Å²) in [5, 5.41) is 17.0. The number of halogens is 2. The molecule has 54 heavy (non-hydrogen) atoms. The Bertz CT molecular complexity index is 1950. The second-order valence-electron chi connectivity index (χ2n) is 12.6. The number of benzene rings is 4. The molecule has 0 saturated heterocycles. The van der Waals surface area contributed by atoms with E-state index in [0.29, 0.717) is 11.8 Å². The predicted octanol–water partition coefficient (Wildman–Crippen LogP) is 5.02. The fourth-order valence-corrected chi connectivity index (χ4v) is 5.83. The van der Waals surface area contributed by atoms with Crippen LogP contribution in [0.25, 0.3) is 0 Å². The minimum atomic E-state index is -3.82. The van der Waals surface area contributed by atoms with Crippen molar-refractivity contribution >= 4 is 27.5 Å². The van der Waals surface area contributed by atoms with Gasteiger partial charge in [-0.05, 0) is 48.4 Å². The average Bonchev–Trinajstić information content (AvgIpc) is 3.15. The smallest absolute Gasteiger partial charge is 0.251 e. The van der Waals surface area contributed by atoms with Crippen molar-refractivity contribution in [2.24, 2.45) is 0 Å². The second-order valence-corrected chi connectivity index (χ2v) is 14.6. The highest BCUT2D eigenvalue weighted by Crippen LogP contribution is 2.23. The molecule has 0 heterocycles. The zero-order valence-electron chi connectivity index (χ0n) is 30.6. The van der Waals surface area contributed by atoms with Gasteiger partial charge >= 0.3 is 0 Å². The molecule has 0 radical (unpaired) electrons. The molecule has 4 aromatic carbocycles. The Hall–Kier alpha value is -5.09. The van der Waals surface area contributed by atoms with Gasteiger partial charge in [0.05, 0.1) is 56.6 Å². The van der Waals surface area contributed by atoms with E-state index in [1.165, 1.54) is 32.4 Å². The third kappa shape index (κ3) is 12.2. The molecule has 2 unspecified atom stereocenters. The van der Waals surface area contributed by atoms with Crippen LogP contribution in [-0.2, 0) is 26.1 Å². The fraction of sp³-hybridized carbons (Fsp3) is 0.333. The van der Waals surface area contributed by atoms with Crippen LogP contribution in [0.4, 0.5) is 14.5 Å². The summed E-state index contributed by atoms with van der Waals surface area (Å²) >= 11 is 0. The summed E-state index contributed by atoms with van der Waals surface area (Å²) in [6.07, 6.45) is -1.09. The van der Waals surface area contributed by atoms with Crippen molar-refractivity contribution in [3.8, 4) is 11.5 Å². The quantitative estimate of drug-likeness (QED) is 0.119. The zero-order chi connectivity index (χ0) is 39.4. The lowest BCUT2D eigenvalue weighted by molar-refractivity contribution is -0.0311. The number of carbonyl (C=O) groups excluding carboxylic acids is 2. The van der Waals surface area contributed by atoms with Gasteiger partial charge in [-0.25, -0.2) is 17.2 Å². The third-order valence-corrected chi connectivity index (χ3v) is 9.77. The highest BCUT2D eigenvalue weighted by atomic mass is 32.2. The molecular formula is C39H45F2N3O9S. The maximum absolute atomic E-state index is 13.9. The maximum atomic E-state index is 13.9. The third-order valence-electron chi connectivity index (χ3n) is 8.57. The lowest BCUT2D eigenvalue weighted by atomic mass is 10.0. The van der Waals surface area contributed by atoms with Gasteiger partial charge in [-0.1, -0.05) is 42.5 Å². The van der Waals surface area contributed by atoms with E-state index in [9.17, 15) is 31.9 Å². The summed E-state index contributed by atoms with van der Waals surface area (Å²) in [6.45, 7) is 1.65. The number of aliphatic hydroxyl groups excluding tert-OH is 1. The van der Waals surface area contributed by atoms with E-state index in [4.69, 9.17) is 18.9 Å². The number of aliphatic hydroxyl groups is 1. The maximum Gasteiger partial charge on any atom is 0.251 e. The van der Waals surface area contributed by atoms with Crippen molar-refractivity contribution in [2.45, 2.75) is 44.2 Å². The minimum absolute atomic E-state index is 0.00651. The molecule has 0 spiro atoms. The van der Waals surface area contributed by atoms with Crippen LogP contribution in [0, 0.1) is 11.6 Å². The monoisotopic (exact) mass is 769 g/mol. The lowest BCUT2D eigenvalue weighted by Crippen LogP contribution is -2.48. The minimum Gasteiger partial charge on any atom is -0.497 e. The largest absolute Gasteiger partial charge is 0.497 e. The normalized spacial score (nSPS) is 13.6. The number of amides is 2. The highest BCUT2D eigenvalue weighted by molar-refractivity contribution is 7.92. The molecule has 0 bridgehead atoms. The number of anilines is 1. The molecule has 3 N–H and O–H groups in total. The molecule has 0 aliphatic rings. The standard InChI is InChI=1S/C39H45F2N3O9S/c1-25(27-9-7-6-8-10-27)42-38(46)28-15-29(17-32(16-28)44(2)54(5,48)49)39(47)43-36(24-53-34-19-30(40)18-31(41)20-34)37(45)21-35(51-4)23-52-22-26-11-13-33(50-3)14-12-26/h6-20,25,35-37,45H,21-24H2,1-5H3,(H,42,46)(H,43,47)/t25-,35?,36+,37?/m1/s1. The van der Waals surface area contributed by atoms with E-state index in [-0.39, 0.29) is 42.2 Å². The van der Waals surface area contributed by atoms with Gasteiger partial charge in [0.15, 0.2) is 0 Å². The molecule has 0 fully saturated rings. The van der Waals surface area contributed by atoms with Gasteiger partial charge in [-0.15, -0.1) is 0 Å². The number of nitrogens with one attached hydrogen (secondary N) is 2. The molecule has 4 aromatic rings. The Labute approximate surface area is 314 Å². The van der Waals surface area contributed by atoms with Crippen LogP contribution < -0.4 is 24.4 Å². The van der Waals surface area contributed by atoms with Gasteiger partial charge < -0.3 is 34.7 Å². The SMILES string of the molecule is COc1ccc(COCC(CC(O)[C@H](COc2cc(F)cc(F)c2)NC(=O)c2cc(C(=O)N[C@H](C)c3ccccc3)cc(N(C)S(C)(=O)=O)c2)OC)cc1. The van der Waals surface area contributed by atoms with Gasteiger partial charge in [0.2, 0.25) is 10.0 Å². The Morgan fingerprint density at radius 3 is 2.02 bits per heavy atom. The van der Waals surface area contributed by atoms with E-state index >= 15 is 0 Å². The molecule has 0 aromatic heterocycles. The molecular weight excluding hydrogens is 725 g/mol. The molecule has 0 aliphatic heterocycles. The van der Waals surface area contributed by atoms with Crippen LogP contribution in [0.5, 0.6) is 11.5 Å². The van der Waals surface area contributed by atoms with Crippen LogP contribution >= 0.6 is 0 Å². The molecule has 4 atom stereocenters. The van der Waals surface area contributed by atoms with Crippen molar-refractivity contribution < 1.29 is 50.8 Å². The first-order valence-corrected chi connectivity index (χ1v) is 18.8. The van der Waals surface area contributed by atoms with Crippen molar-refractivity contribution in [3.63, 3.8) is 0 Å². The Kier molecular flexibility index (Phi) is 14.9. The summed E-state index contributed by atoms with van der Waals surface area (Å²) in [5.41, 5.74) is 1.61. The summed E-state index contributed by atoms with van der Waals surface area (Å²) < 4.78 is 76.0. The van der Waals surface area contributed by atoms with Crippen LogP contribution in [0.3, 0.4) is 0 Å². The first-order valence-electron chi connectivity index (χ1n) is 16.9. The zero-order valence-corrected chi connectivity index (χ0v) is 31.4. The Morgan fingerprint density at radius 2 is 1.44 bits per heavy atom. The van der Waals surface area contributed by atoms with Crippen molar-refractivity contribution in [2.75, 3.05) is 45.0 Å². The van der Waals surface area contributed by atoms with Gasteiger partial charge in [-0.3, -0.25) is 13.9 Å². The Balaban J connectivity index is 1.57. The number of ether oxygens (including phenoxy) is 4. The molecule has 4 rings (SSSR count). The first-order chi connectivity index (χ1) is 25.7. The number of carbonyl (C=O) groups is 2. The Morgan fingerprint density at radius 1 is 0.833 bits per heavy atom. The molecule has 12 nitrogen and oxygen atoms in total. The number of sulfonamides is 1. The van der Waals surface area contributed by atoms with Crippen molar-refractivity contribution in [3.05, 3.63) is 125 Å². The molecule has 2 amide bonds. The van der Waals surface area contributed by atoms with E-state index < -0.39 is 64.4 Å².